The Hall–Kier alpha value is -0.0400. The molecule has 1 unspecified atom stereocenters. The summed E-state index contributed by atoms with van der Waals surface area (Å²) in [6, 6.07) is 1.73. The van der Waals surface area contributed by atoms with Crippen molar-refractivity contribution in [3.05, 3.63) is 0 Å². The largest absolute Gasteiger partial charge is 0.300 e. The first-order chi connectivity index (χ1) is 6.79. The summed E-state index contributed by atoms with van der Waals surface area (Å²) in [7, 11) is 2.35. The fourth-order valence-electron chi connectivity index (χ4n) is 2.82. The summed E-state index contributed by atoms with van der Waals surface area (Å²) in [5.41, 5.74) is 0. The van der Waals surface area contributed by atoms with E-state index in [1.807, 2.05) is 0 Å². The van der Waals surface area contributed by atoms with E-state index in [0.717, 1.165) is 12.1 Å². The molecule has 14 heavy (non-hydrogen) atoms. The highest BCUT2D eigenvalue weighted by Gasteiger charge is 2.22. The number of rotatable bonds is 5. The quantitative estimate of drug-likeness (QED) is 0.647. The minimum atomic E-state index is 0.836. The summed E-state index contributed by atoms with van der Waals surface area (Å²) in [5, 5.41) is 0. The van der Waals surface area contributed by atoms with Crippen LogP contribution in [0.4, 0.5) is 0 Å². The highest BCUT2D eigenvalue weighted by atomic mass is 15.2. The van der Waals surface area contributed by atoms with Crippen molar-refractivity contribution < 1.29 is 0 Å². The summed E-state index contributed by atoms with van der Waals surface area (Å²) < 4.78 is 0. The van der Waals surface area contributed by atoms with Crippen LogP contribution in [0.25, 0.3) is 0 Å². The van der Waals surface area contributed by atoms with Gasteiger partial charge in [0, 0.05) is 12.1 Å². The van der Waals surface area contributed by atoms with Crippen molar-refractivity contribution in [2.24, 2.45) is 0 Å². The molecule has 84 valence electrons. The Morgan fingerprint density at radius 2 is 1.79 bits per heavy atom. The van der Waals surface area contributed by atoms with E-state index in [-0.39, 0.29) is 0 Å². The Morgan fingerprint density at radius 3 is 2.29 bits per heavy atom. The molecule has 1 nitrogen and oxygen atoms in total. The second-order valence-electron chi connectivity index (χ2n) is 4.81. The van der Waals surface area contributed by atoms with Gasteiger partial charge in [-0.2, -0.15) is 0 Å². The van der Waals surface area contributed by atoms with Crippen molar-refractivity contribution in [3.8, 4) is 0 Å². The second-order valence-corrected chi connectivity index (χ2v) is 4.81. The van der Waals surface area contributed by atoms with Gasteiger partial charge in [0.15, 0.2) is 0 Å². The molecule has 0 amide bonds. The first-order valence-corrected chi connectivity index (χ1v) is 6.51. The summed E-state index contributed by atoms with van der Waals surface area (Å²) in [4.78, 5) is 2.67. The average Bonchev–Trinajstić information content (AvgIpc) is 2.26. The van der Waals surface area contributed by atoms with E-state index in [9.17, 15) is 0 Å². The molecule has 0 aromatic rings. The van der Waals surface area contributed by atoms with E-state index in [4.69, 9.17) is 0 Å². The Morgan fingerprint density at radius 1 is 1.14 bits per heavy atom. The maximum Gasteiger partial charge on any atom is 0.00951 e. The van der Waals surface area contributed by atoms with Crippen LogP contribution in [0.1, 0.15) is 65.2 Å². The predicted molar refractivity (Wildman–Crippen MR) is 63.6 cm³/mol. The van der Waals surface area contributed by atoms with Crippen LogP contribution in [0.2, 0.25) is 0 Å². The van der Waals surface area contributed by atoms with Crippen LogP contribution in [0.5, 0.6) is 0 Å². The van der Waals surface area contributed by atoms with Gasteiger partial charge in [0.2, 0.25) is 0 Å². The molecule has 1 heteroatoms. The molecule has 0 aromatic heterocycles. The Labute approximate surface area is 89.9 Å². The zero-order chi connectivity index (χ0) is 10.4. The monoisotopic (exact) mass is 197 g/mol. The van der Waals surface area contributed by atoms with Gasteiger partial charge in [-0.3, -0.25) is 0 Å². The average molecular weight is 197 g/mol. The lowest BCUT2D eigenvalue weighted by atomic mass is 9.92. The van der Waals surface area contributed by atoms with E-state index < -0.39 is 0 Å². The molecule has 1 fully saturated rings. The Bertz CT molecular complexity index is 133. The Balaban J connectivity index is 2.38. The normalized spacial score (nSPS) is 21.4. The highest BCUT2D eigenvalue weighted by molar-refractivity contribution is 4.78. The van der Waals surface area contributed by atoms with E-state index in [1.165, 1.54) is 51.4 Å². The predicted octanol–water partition coefficient (Wildman–Crippen LogP) is 3.83. The lowest BCUT2D eigenvalue weighted by Gasteiger charge is -2.36. The van der Waals surface area contributed by atoms with E-state index in [2.05, 4.69) is 25.8 Å². The number of nitrogens with zero attached hydrogens (tertiary/aromatic N) is 1. The third-order valence-corrected chi connectivity index (χ3v) is 3.82. The molecule has 0 heterocycles. The maximum absolute atomic E-state index is 2.67. The van der Waals surface area contributed by atoms with Crippen molar-refractivity contribution in [2.75, 3.05) is 7.05 Å². The SMILES string of the molecule is CCCC(CC)N(C)C1CCCCC1. The van der Waals surface area contributed by atoms with Gasteiger partial charge in [0.1, 0.15) is 0 Å². The zero-order valence-corrected chi connectivity index (χ0v) is 10.3. The lowest BCUT2D eigenvalue weighted by molar-refractivity contribution is 0.127. The van der Waals surface area contributed by atoms with Crippen LogP contribution < -0.4 is 0 Å². The van der Waals surface area contributed by atoms with Crippen LogP contribution in [0, 0.1) is 0 Å². The lowest BCUT2D eigenvalue weighted by Crippen LogP contribution is -2.40. The standard InChI is InChI=1S/C13H27N/c1-4-9-12(5-2)14(3)13-10-7-6-8-11-13/h12-13H,4-11H2,1-3H3. The third kappa shape index (κ3) is 3.27. The molecule has 1 aliphatic rings. The smallest absolute Gasteiger partial charge is 0.00951 e. The molecule has 0 spiro atoms. The molecular formula is C13H27N. The third-order valence-electron chi connectivity index (χ3n) is 3.82. The molecule has 0 bridgehead atoms. The van der Waals surface area contributed by atoms with Crippen LogP contribution in [-0.2, 0) is 0 Å². The molecule has 1 atom stereocenters. The van der Waals surface area contributed by atoms with Gasteiger partial charge in [0.25, 0.3) is 0 Å². The van der Waals surface area contributed by atoms with E-state index >= 15 is 0 Å². The minimum Gasteiger partial charge on any atom is -0.300 e. The highest BCUT2D eigenvalue weighted by Crippen LogP contribution is 2.24. The second kappa shape index (κ2) is 6.44. The molecule has 0 aliphatic heterocycles. The Kier molecular flexibility index (Phi) is 5.54. The first kappa shape index (κ1) is 12.0. The van der Waals surface area contributed by atoms with Crippen molar-refractivity contribution >= 4 is 0 Å². The van der Waals surface area contributed by atoms with Gasteiger partial charge < -0.3 is 4.90 Å². The maximum atomic E-state index is 2.67. The van der Waals surface area contributed by atoms with Crippen molar-refractivity contribution in [2.45, 2.75) is 77.3 Å². The molecule has 1 rings (SSSR count). The molecule has 0 radical (unpaired) electrons. The summed E-state index contributed by atoms with van der Waals surface area (Å²) in [6.07, 6.45) is 11.3. The topological polar surface area (TPSA) is 3.24 Å². The molecule has 0 aromatic carbocycles. The van der Waals surface area contributed by atoms with E-state index in [1.54, 1.807) is 0 Å². The fraction of sp³-hybridized carbons (Fsp3) is 1.00. The van der Waals surface area contributed by atoms with Crippen molar-refractivity contribution in [1.82, 2.24) is 4.90 Å². The van der Waals surface area contributed by atoms with Gasteiger partial charge >= 0.3 is 0 Å². The number of hydrogen-bond acceptors (Lipinski definition) is 1. The summed E-state index contributed by atoms with van der Waals surface area (Å²) in [6.45, 7) is 4.64. The zero-order valence-electron chi connectivity index (χ0n) is 10.3. The van der Waals surface area contributed by atoms with Gasteiger partial charge in [-0.1, -0.05) is 39.5 Å². The molecular weight excluding hydrogens is 170 g/mol. The summed E-state index contributed by atoms with van der Waals surface area (Å²) in [5.74, 6) is 0. The van der Waals surface area contributed by atoms with Gasteiger partial charge in [-0.25, -0.2) is 0 Å². The fourth-order valence-corrected chi connectivity index (χ4v) is 2.82. The molecule has 0 N–H and O–H groups in total. The van der Waals surface area contributed by atoms with Crippen LogP contribution in [-0.4, -0.2) is 24.0 Å². The molecule has 1 aliphatic carbocycles. The van der Waals surface area contributed by atoms with Crippen LogP contribution in [0.15, 0.2) is 0 Å². The van der Waals surface area contributed by atoms with E-state index in [0.29, 0.717) is 0 Å². The van der Waals surface area contributed by atoms with Crippen LogP contribution in [0.3, 0.4) is 0 Å². The molecule has 0 saturated heterocycles. The molecule has 1 saturated carbocycles. The van der Waals surface area contributed by atoms with Gasteiger partial charge in [-0.05, 0) is 32.7 Å². The number of hydrogen-bond donors (Lipinski definition) is 0. The minimum absolute atomic E-state index is 0.836. The summed E-state index contributed by atoms with van der Waals surface area (Å²) >= 11 is 0. The van der Waals surface area contributed by atoms with Crippen molar-refractivity contribution in [1.29, 1.82) is 0 Å². The van der Waals surface area contributed by atoms with Crippen molar-refractivity contribution in [3.63, 3.8) is 0 Å². The van der Waals surface area contributed by atoms with Gasteiger partial charge in [-0.15, -0.1) is 0 Å². The first-order valence-electron chi connectivity index (χ1n) is 6.51. The van der Waals surface area contributed by atoms with Gasteiger partial charge in [0.05, 0.1) is 0 Å². The van der Waals surface area contributed by atoms with Crippen LogP contribution >= 0.6 is 0 Å².